The highest BCUT2D eigenvalue weighted by molar-refractivity contribution is 7.99. The Morgan fingerprint density at radius 3 is 2.61 bits per heavy atom. The zero-order chi connectivity index (χ0) is 13.0. The van der Waals surface area contributed by atoms with E-state index in [0.29, 0.717) is 23.1 Å². The van der Waals surface area contributed by atoms with E-state index < -0.39 is 0 Å². The Hall–Kier alpha value is -1.66. The van der Waals surface area contributed by atoms with Crippen LogP contribution < -0.4 is 11.3 Å². The molecule has 0 aliphatic heterocycles. The van der Waals surface area contributed by atoms with Gasteiger partial charge in [0.25, 0.3) is 5.56 Å². The van der Waals surface area contributed by atoms with Gasteiger partial charge in [-0.15, -0.1) is 10.2 Å². The second-order valence-corrected chi connectivity index (χ2v) is 4.89. The summed E-state index contributed by atoms with van der Waals surface area (Å²) in [6.07, 6.45) is 0. The van der Waals surface area contributed by atoms with Crippen molar-refractivity contribution in [3.63, 3.8) is 0 Å². The molecule has 0 atom stereocenters. The fraction of sp³-hybridized carbons (Fsp3) is 0.250. The topological polar surface area (TPSA) is 84.7 Å². The SMILES string of the molecule is Cc1ccc(-c2nnc(SCCN)[nH]c2=O)cc1. The van der Waals surface area contributed by atoms with Crippen LogP contribution in [0.25, 0.3) is 11.3 Å². The van der Waals surface area contributed by atoms with Crippen molar-refractivity contribution in [2.75, 3.05) is 12.3 Å². The normalized spacial score (nSPS) is 10.6. The third-order valence-corrected chi connectivity index (χ3v) is 3.25. The Morgan fingerprint density at radius 1 is 1.28 bits per heavy atom. The van der Waals surface area contributed by atoms with Crippen molar-refractivity contribution in [3.8, 4) is 11.3 Å². The lowest BCUT2D eigenvalue weighted by Crippen LogP contribution is -2.14. The number of thioether (sulfide) groups is 1. The Kier molecular flexibility index (Phi) is 4.11. The van der Waals surface area contributed by atoms with E-state index in [-0.39, 0.29) is 5.56 Å². The lowest BCUT2D eigenvalue weighted by molar-refractivity contribution is 0.823. The van der Waals surface area contributed by atoms with E-state index in [0.717, 1.165) is 11.1 Å². The molecule has 5 nitrogen and oxygen atoms in total. The Morgan fingerprint density at radius 2 is 2.00 bits per heavy atom. The van der Waals surface area contributed by atoms with Crippen molar-refractivity contribution in [2.45, 2.75) is 12.1 Å². The highest BCUT2D eigenvalue weighted by atomic mass is 32.2. The smallest absolute Gasteiger partial charge is 0.278 e. The number of H-pyrrole nitrogens is 1. The van der Waals surface area contributed by atoms with Crippen molar-refractivity contribution in [1.82, 2.24) is 15.2 Å². The summed E-state index contributed by atoms with van der Waals surface area (Å²) in [5.74, 6) is 0.703. The molecule has 6 heteroatoms. The second-order valence-electron chi connectivity index (χ2n) is 3.81. The van der Waals surface area contributed by atoms with Gasteiger partial charge >= 0.3 is 0 Å². The molecule has 2 aromatic rings. The number of benzene rings is 1. The predicted octanol–water partition coefficient (Wildman–Crippen LogP) is 1.19. The largest absolute Gasteiger partial charge is 0.330 e. The quantitative estimate of drug-likeness (QED) is 0.808. The van der Waals surface area contributed by atoms with E-state index >= 15 is 0 Å². The summed E-state index contributed by atoms with van der Waals surface area (Å²) in [4.78, 5) is 14.6. The van der Waals surface area contributed by atoms with Crippen molar-refractivity contribution in [1.29, 1.82) is 0 Å². The number of aryl methyl sites for hydroxylation is 1. The van der Waals surface area contributed by atoms with E-state index in [2.05, 4.69) is 15.2 Å². The number of hydrogen-bond acceptors (Lipinski definition) is 5. The van der Waals surface area contributed by atoms with Crippen LogP contribution >= 0.6 is 11.8 Å². The number of nitrogens with one attached hydrogen (secondary N) is 1. The van der Waals surface area contributed by atoms with Gasteiger partial charge in [0.05, 0.1) is 0 Å². The van der Waals surface area contributed by atoms with Crippen molar-refractivity contribution in [2.24, 2.45) is 5.73 Å². The highest BCUT2D eigenvalue weighted by Crippen LogP contribution is 2.14. The minimum atomic E-state index is -0.228. The van der Waals surface area contributed by atoms with Crippen LogP contribution in [0, 0.1) is 6.92 Å². The Labute approximate surface area is 109 Å². The molecule has 18 heavy (non-hydrogen) atoms. The molecule has 3 N–H and O–H groups in total. The molecular formula is C12H14N4OS. The zero-order valence-corrected chi connectivity index (χ0v) is 10.8. The molecular weight excluding hydrogens is 248 g/mol. The number of hydrogen-bond donors (Lipinski definition) is 2. The summed E-state index contributed by atoms with van der Waals surface area (Å²) in [6, 6.07) is 7.60. The standard InChI is InChI=1S/C12H14N4OS/c1-8-2-4-9(5-3-8)10-11(17)14-12(16-15-10)18-7-6-13/h2-5H,6-7,13H2,1H3,(H,14,16,17). The van der Waals surface area contributed by atoms with Crippen LogP contribution in [0.1, 0.15) is 5.56 Å². The lowest BCUT2D eigenvalue weighted by Gasteiger charge is -2.01. The van der Waals surface area contributed by atoms with Gasteiger partial charge in [-0.25, -0.2) is 0 Å². The van der Waals surface area contributed by atoms with E-state index in [9.17, 15) is 4.79 Å². The molecule has 94 valence electrons. The van der Waals surface area contributed by atoms with Gasteiger partial charge in [-0.1, -0.05) is 41.6 Å². The van der Waals surface area contributed by atoms with Crippen molar-refractivity contribution in [3.05, 3.63) is 40.2 Å². The minimum Gasteiger partial charge on any atom is -0.330 e. The summed E-state index contributed by atoms with van der Waals surface area (Å²) in [7, 11) is 0. The molecule has 0 aliphatic carbocycles. The first-order chi connectivity index (χ1) is 8.70. The summed E-state index contributed by atoms with van der Waals surface area (Å²) >= 11 is 1.39. The van der Waals surface area contributed by atoms with Crippen LogP contribution in [0.3, 0.4) is 0 Å². The molecule has 0 fully saturated rings. The maximum absolute atomic E-state index is 11.9. The van der Waals surface area contributed by atoms with Crippen LogP contribution in [0.15, 0.2) is 34.2 Å². The first kappa shape index (κ1) is 12.8. The first-order valence-electron chi connectivity index (χ1n) is 5.57. The molecule has 0 radical (unpaired) electrons. The number of aromatic nitrogens is 3. The van der Waals surface area contributed by atoms with Crippen LogP contribution in [-0.4, -0.2) is 27.5 Å². The molecule has 0 saturated carbocycles. The van der Waals surface area contributed by atoms with Crippen molar-refractivity contribution < 1.29 is 0 Å². The maximum Gasteiger partial charge on any atom is 0.278 e. The Bertz CT molecular complexity index is 579. The number of nitrogens with two attached hydrogens (primary N) is 1. The van der Waals surface area contributed by atoms with E-state index in [4.69, 9.17) is 5.73 Å². The molecule has 0 amide bonds. The van der Waals surface area contributed by atoms with Crippen molar-refractivity contribution >= 4 is 11.8 Å². The number of aromatic amines is 1. The average molecular weight is 262 g/mol. The monoisotopic (exact) mass is 262 g/mol. The summed E-state index contributed by atoms with van der Waals surface area (Å²) < 4.78 is 0. The van der Waals surface area contributed by atoms with Gasteiger partial charge in [-0.3, -0.25) is 9.78 Å². The zero-order valence-electron chi connectivity index (χ0n) is 10.0. The van der Waals surface area contributed by atoms with Gasteiger partial charge in [0.1, 0.15) is 0 Å². The summed E-state index contributed by atoms with van der Waals surface area (Å²) in [6.45, 7) is 2.53. The molecule has 1 heterocycles. The molecule has 0 aliphatic rings. The van der Waals surface area contributed by atoms with E-state index in [1.54, 1.807) is 0 Å². The molecule has 0 unspecified atom stereocenters. The molecule has 1 aromatic carbocycles. The lowest BCUT2D eigenvalue weighted by atomic mass is 10.1. The van der Waals surface area contributed by atoms with Gasteiger partial charge in [0, 0.05) is 17.9 Å². The molecule has 0 saturated heterocycles. The molecule has 1 aromatic heterocycles. The Balaban J connectivity index is 2.30. The maximum atomic E-state index is 11.9. The third kappa shape index (κ3) is 2.96. The van der Waals surface area contributed by atoms with Gasteiger partial charge < -0.3 is 5.73 Å². The first-order valence-corrected chi connectivity index (χ1v) is 6.56. The third-order valence-electron chi connectivity index (χ3n) is 2.36. The summed E-state index contributed by atoms with van der Waals surface area (Å²) in [5.41, 5.74) is 7.41. The molecule has 0 spiro atoms. The van der Waals surface area contributed by atoms with Gasteiger partial charge in [-0.2, -0.15) is 0 Å². The number of rotatable bonds is 4. The van der Waals surface area contributed by atoms with Gasteiger partial charge in [-0.05, 0) is 6.92 Å². The fourth-order valence-corrected chi connectivity index (χ4v) is 2.02. The molecule has 2 rings (SSSR count). The fourth-order valence-electron chi connectivity index (χ4n) is 1.44. The van der Waals surface area contributed by atoms with Crippen LogP contribution in [0.5, 0.6) is 0 Å². The van der Waals surface area contributed by atoms with Crippen LogP contribution in [0.4, 0.5) is 0 Å². The van der Waals surface area contributed by atoms with E-state index in [1.807, 2.05) is 31.2 Å². The van der Waals surface area contributed by atoms with E-state index in [1.165, 1.54) is 11.8 Å². The summed E-state index contributed by atoms with van der Waals surface area (Å²) in [5, 5.41) is 8.45. The number of nitrogens with zero attached hydrogens (tertiary/aromatic N) is 2. The van der Waals surface area contributed by atoms with Gasteiger partial charge in [0.15, 0.2) is 10.9 Å². The predicted molar refractivity (Wildman–Crippen MR) is 72.6 cm³/mol. The second kappa shape index (κ2) is 5.79. The highest BCUT2D eigenvalue weighted by Gasteiger charge is 2.07. The minimum absolute atomic E-state index is 0.228. The van der Waals surface area contributed by atoms with Gasteiger partial charge in [0.2, 0.25) is 0 Å². The average Bonchev–Trinajstić information content (AvgIpc) is 2.38. The van der Waals surface area contributed by atoms with Crippen LogP contribution in [0.2, 0.25) is 0 Å². The van der Waals surface area contributed by atoms with Crippen LogP contribution in [-0.2, 0) is 0 Å². The molecule has 0 bridgehead atoms.